The quantitative estimate of drug-likeness (QED) is 0.504. The summed E-state index contributed by atoms with van der Waals surface area (Å²) in [6, 6.07) is 0. The second-order valence-electron chi connectivity index (χ2n) is 4.14. The summed E-state index contributed by atoms with van der Waals surface area (Å²) in [5.74, 6) is -0.187. The highest BCUT2D eigenvalue weighted by atomic mass is 16.6. The van der Waals surface area contributed by atoms with Gasteiger partial charge in [-0.2, -0.15) is 0 Å². The topological polar surface area (TPSA) is 78.3 Å². The first kappa shape index (κ1) is 12.4. The van der Waals surface area contributed by atoms with Crippen molar-refractivity contribution in [2.75, 3.05) is 0 Å². The lowest BCUT2D eigenvalue weighted by atomic mass is 10.2. The van der Waals surface area contributed by atoms with E-state index in [1.807, 2.05) is 20.8 Å². The van der Waals surface area contributed by atoms with Crippen LogP contribution in [0, 0.1) is 0 Å². The smallest absolute Gasteiger partial charge is 0.306 e. The first-order valence-electron chi connectivity index (χ1n) is 4.54. The molecule has 0 fully saturated rings. The van der Waals surface area contributed by atoms with E-state index in [1.54, 1.807) is 0 Å². The number of rotatable bonds is 4. The van der Waals surface area contributed by atoms with E-state index in [-0.39, 0.29) is 12.1 Å². The zero-order valence-corrected chi connectivity index (χ0v) is 8.67. The van der Waals surface area contributed by atoms with Crippen LogP contribution in [-0.2, 0) is 9.53 Å². The fourth-order valence-electron chi connectivity index (χ4n) is 0.875. The lowest BCUT2D eigenvalue weighted by Crippen LogP contribution is -2.30. The summed E-state index contributed by atoms with van der Waals surface area (Å²) in [4.78, 5) is 11.1. The molecule has 0 amide bonds. The summed E-state index contributed by atoms with van der Waals surface area (Å²) in [5, 5.41) is 0. The molecule has 0 heterocycles. The first-order chi connectivity index (χ1) is 5.81. The fourth-order valence-corrected chi connectivity index (χ4v) is 0.875. The molecule has 13 heavy (non-hydrogen) atoms. The molecule has 4 nitrogen and oxygen atoms in total. The number of esters is 1. The number of ether oxygens (including phenoxy) is 1. The largest absolute Gasteiger partial charge is 0.460 e. The zero-order chi connectivity index (χ0) is 10.5. The highest BCUT2D eigenvalue weighted by Gasteiger charge is 2.15. The van der Waals surface area contributed by atoms with Crippen LogP contribution in [0.25, 0.3) is 0 Å². The second kappa shape index (κ2) is 5.19. The van der Waals surface area contributed by atoms with E-state index in [0.717, 1.165) is 0 Å². The lowest BCUT2D eigenvalue weighted by Gasteiger charge is -2.19. The molecule has 0 unspecified atom stereocenters. The van der Waals surface area contributed by atoms with Gasteiger partial charge in [0, 0.05) is 6.42 Å². The van der Waals surface area contributed by atoms with E-state index < -0.39 is 5.60 Å². The Morgan fingerprint density at radius 1 is 1.38 bits per heavy atom. The Morgan fingerprint density at radius 3 is 2.31 bits per heavy atom. The minimum atomic E-state index is -0.401. The van der Waals surface area contributed by atoms with Gasteiger partial charge >= 0.3 is 5.97 Å². The van der Waals surface area contributed by atoms with Gasteiger partial charge in [0.1, 0.15) is 5.60 Å². The fraction of sp³-hybridized carbons (Fsp3) is 0.889. The molecule has 4 N–H and O–H groups in total. The number of hydrogen-bond acceptors (Lipinski definition) is 4. The third-order valence-electron chi connectivity index (χ3n) is 1.34. The number of carbonyl (C=O) groups is 1. The van der Waals surface area contributed by atoms with Crippen LogP contribution in [0.5, 0.6) is 0 Å². The Kier molecular flexibility index (Phi) is 4.95. The molecule has 78 valence electrons. The van der Waals surface area contributed by atoms with Gasteiger partial charge in [0.25, 0.3) is 0 Å². The monoisotopic (exact) mass is 188 g/mol. The minimum absolute atomic E-state index is 0.187. The van der Waals surface area contributed by atoms with Crippen LogP contribution >= 0.6 is 0 Å². The van der Waals surface area contributed by atoms with Crippen LogP contribution in [0.2, 0.25) is 0 Å². The van der Waals surface area contributed by atoms with Gasteiger partial charge in [-0.1, -0.05) is 0 Å². The molecule has 0 aromatic heterocycles. The molecule has 0 rings (SSSR count). The Balaban J connectivity index is 3.53. The van der Waals surface area contributed by atoms with Gasteiger partial charge in [-0.3, -0.25) is 4.79 Å². The molecule has 0 radical (unpaired) electrons. The van der Waals surface area contributed by atoms with Crippen LogP contribution in [-0.4, -0.2) is 17.7 Å². The Bertz CT molecular complexity index is 161. The lowest BCUT2D eigenvalue weighted by molar-refractivity contribution is -0.154. The van der Waals surface area contributed by atoms with Crippen molar-refractivity contribution >= 4 is 5.97 Å². The highest BCUT2D eigenvalue weighted by molar-refractivity contribution is 5.69. The van der Waals surface area contributed by atoms with Crippen molar-refractivity contribution in [1.29, 1.82) is 0 Å². The van der Waals surface area contributed by atoms with Crippen LogP contribution < -0.4 is 11.5 Å². The average molecular weight is 188 g/mol. The second-order valence-corrected chi connectivity index (χ2v) is 4.14. The normalized spacial score (nSPS) is 11.8. The van der Waals surface area contributed by atoms with Gasteiger partial charge in [0.2, 0.25) is 0 Å². The number of carbonyl (C=O) groups excluding carboxylic acids is 1. The van der Waals surface area contributed by atoms with Crippen molar-refractivity contribution in [2.45, 2.75) is 51.8 Å². The summed E-state index contributed by atoms with van der Waals surface area (Å²) in [7, 11) is 0. The molecule has 0 saturated heterocycles. The minimum Gasteiger partial charge on any atom is -0.460 e. The third-order valence-corrected chi connectivity index (χ3v) is 1.34. The van der Waals surface area contributed by atoms with Gasteiger partial charge in [-0.05, 0) is 33.6 Å². The number of nitrogens with two attached hydrogens (primary N) is 2. The summed E-state index contributed by atoms with van der Waals surface area (Å²) in [5.41, 5.74) is 10.3. The SMILES string of the molecule is CC(C)(C)OC(=O)CCCC(N)N. The number of hydrogen-bond donors (Lipinski definition) is 2. The molecule has 0 atom stereocenters. The molecule has 0 aromatic carbocycles. The van der Waals surface area contributed by atoms with Crippen molar-refractivity contribution in [3.05, 3.63) is 0 Å². The maximum Gasteiger partial charge on any atom is 0.306 e. The van der Waals surface area contributed by atoms with Crippen molar-refractivity contribution in [2.24, 2.45) is 11.5 Å². The predicted octanol–water partition coefficient (Wildman–Crippen LogP) is 0.742. The molecular weight excluding hydrogens is 168 g/mol. The summed E-state index contributed by atoms with van der Waals surface area (Å²) < 4.78 is 5.10. The average Bonchev–Trinajstić information content (AvgIpc) is 1.81. The Hall–Kier alpha value is -0.610. The van der Waals surface area contributed by atoms with Crippen LogP contribution in [0.4, 0.5) is 0 Å². The van der Waals surface area contributed by atoms with E-state index in [9.17, 15) is 4.79 Å². The van der Waals surface area contributed by atoms with Crippen molar-refractivity contribution in [3.8, 4) is 0 Å². The Morgan fingerprint density at radius 2 is 1.92 bits per heavy atom. The molecule has 0 aliphatic heterocycles. The van der Waals surface area contributed by atoms with Gasteiger partial charge in [-0.25, -0.2) is 0 Å². The third kappa shape index (κ3) is 9.30. The molecule has 0 spiro atoms. The molecule has 0 bridgehead atoms. The predicted molar refractivity (Wildman–Crippen MR) is 51.9 cm³/mol. The first-order valence-corrected chi connectivity index (χ1v) is 4.54. The van der Waals surface area contributed by atoms with Crippen LogP contribution in [0.15, 0.2) is 0 Å². The summed E-state index contributed by atoms with van der Waals surface area (Å²) >= 11 is 0. The van der Waals surface area contributed by atoms with Crippen molar-refractivity contribution in [1.82, 2.24) is 0 Å². The summed E-state index contributed by atoms with van der Waals surface area (Å²) in [6.07, 6.45) is 1.40. The van der Waals surface area contributed by atoms with E-state index in [0.29, 0.717) is 19.3 Å². The molecule has 0 aliphatic carbocycles. The Labute approximate surface area is 79.6 Å². The van der Waals surface area contributed by atoms with E-state index in [4.69, 9.17) is 16.2 Å². The van der Waals surface area contributed by atoms with Crippen LogP contribution in [0.1, 0.15) is 40.0 Å². The van der Waals surface area contributed by atoms with Gasteiger partial charge < -0.3 is 16.2 Å². The van der Waals surface area contributed by atoms with Gasteiger partial charge in [0.15, 0.2) is 0 Å². The van der Waals surface area contributed by atoms with E-state index >= 15 is 0 Å². The van der Waals surface area contributed by atoms with Gasteiger partial charge in [-0.15, -0.1) is 0 Å². The van der Waals surface area contributed by atoms with Gasteiger partial charge in [0.05, 0.1) is 6.17 Å². The molecule has 0 saturated carbocycles. The molecule has 0 aromatic rings. The highest BCUT2D eigenvalue weighted by Crippen LogP contribution is 2.09. The van der Waals surface area contributed by atoms with E-state index in [2.05, 4.69) is 0 Å². The summed E-state index contributed by atoms with van der Waals surface area (Å²) in [6.45, 7) is 5.54. The molecule has 4 heteroatoms. The van der Waals surface area contributed by atoms with Crippen molar-refractivity contribution in [3.63, 3.8) is 0 Å². The molecule has 0 aliphatic rings. The zero-order valence-electron chi connectivity index (χ0n) is 8.67. The van der Waals surface area contributed by atoms with Crippen molar-refractivity contribution < 1.29 is 9.53 Å². The molecular formula is C9H20N2O2. The standard InChI is InChI=1S/C9H20N2O2/c1-9(2,3)13-8(12)6-4-5-7(10)11/h7H,4-6,10-11H2,1-3H3. The van der Waals surface area contributed by atoms with E-state index in [1.165, 1.54) is 0 Å². The van der Waals surface area contributed by atoms with Crippen LogP contribution in [0.3, 0.4) is 0 Å². The maximum atomic E-state index is 11.1. The maximum absolute atomic E-state index is 11.1.